The van der Waals surface area contributed by atoms with Gasteiger partial charge in [-0.1, -0.05) is 46.0 Å². The van der Waals surface area contributed by atoms with Crippen molar-refractivity contribution in [3.05, 3.63) is 0 Å². The molecule has 0 saturated heterocycles. The Bertz CT molecular complexity index is 142. The van der Waals surface area contributed by atoms with Crippen LogP contribution in [-0.4, -0.2) is 33.9 Å². The van der Waals surface area contributed by atoms with Crippen LogP contribution >= 0.6 is 11.8 Å². The zero-order valence-corrected chi connectivity index (χ0v) is 11.6. The fourth-order valence-electron chi connectivity index (χ4n) is 1.69. The van der Waals surface area contributed by atoms with Crippen LogP contribution < -0.4 is 0 Å². The quantitative estimate of drug-likeness (QED) is 0.552. The molecule has 0 aliphatic carbocycles. The van der Waals surface area contributed by atoms with Gasteiger partial charge >= 0.3 is 0 Å². The molecule has 0 amide bonds. The fourth-order valence-corrected chi connectivity index (χ4v) is 3.00. The van der Waals surface area contributed by atoms with Crippen LogP contribution in [0.5, 0.6) is 0 Å². The molecule has 0 saturated carbocycles. The van der Waals surface area contributed by atoms with Crippen molar-refractivity contribution in [2.24, 2.45) is 0 Å². The predicted molar refractivity (Wildman–Crippen MR) is 73.0 cm³/mol. The summed E-state index contributed by atoms with van der Waals surface area (Å²) in [7, 11) is 0. The summed E-state index contributed by atoms with van der Waals surface area (Å²) in [6.45, 7) is 4.29. The van der Waals surface area contributed by atoms with Gasteiger partial charge in [0.15, 0.2) is 0 Å². The van der Waals surface area contributed by atoms with E-state index in [0.29, 0.717) is 0 Å². The molecule has 0 aromatic carbocycles. The van der Waals surface area contributed by atoms with E-state index in [1.807, 2.05) is 11.8 Å². The van der Waals surface area contributed by atoms with Crippen LogP contribution in [-0.2, 0) is 0 Å². The van der Waals surface area contributed by atoms with Crippen LogP contribution in [0.25, 0.3) is 0 Å². The molecular weight excluding hydrogens is 220 g/mol. The van der Waals surface area contributed by atoms with Crippen molar-refractivity contribution < 1.29 is 10.2 Å². The zero-order valence-electron chi connectivity index (χ0n) is 10.8. The van der Waals surface area contributed by atoms with Gasteiger partial charge in [0.25, 0.3) is 0 Å². The SMILES string of the molecule is CCCCCS[C@H](CCCCC)C(O)CO. The van der Waals surface area contributed by atoms with Gasteiger partial charge in [0.1, 0.15) is 0 Å². The molecule has 0 rings (SSSR count). The molecule has 0 aromatic heterocycles. The minimum absolute atomic E-state index is 0.0996. The number of aliphatic hydroxyl groups is 2. The van der Waals surface area contributed by atoms with Gasteiger partial charge in [-0.25, -0.2) is 0 Å². The summed E-state index contributed by atoms with van der Waals surface area (Å²) in [5, 5.41) is 18.9. The van der Waals surface area contributed by atoms with E-state index in [9.17, 15) is 5.11 Å². The summed E-state index contributed by atoms with van der Waals surface area (Å²) >= 11 is 1.83. The first-order valence-corrected chi connectivity index (χ1v) is 7.71. The highest BCUT2D eigenvalue weighted by Gasteiger charge is 2.17. The Morgan fingerprint density at radius 3 is 2.19 bits per heavy atom. The molecule has 0 bridgehead atoms. The van der Waals surface area contributed by atoms with Crippen LogP contribution in [0.2, 0.25) is 0 Å². The molecule has 0 aliphatic heterocycles. The molecule has 0 heterocycles. The summed E-state index contributed by atoms with van der Waals surface area (Å²) in [5.41, 5.74) is 0. The highest BCUT2D eigenvalue weighted by atomic mass is 32.2. The van der Waals surface area contributed by atoms with Crippen LogP contribution in [0.1, 0.15) is 58.8 Å². The molecule has 3 heteroatoms. The molecule has 16 heavy (non-hydrogen) atoms. The monoisotopic (exact) mass is 248 g/mol. The van der Waals surface area contributed by atoms with Gasteiger partial charge in [-0.2, -0.15) is 11.8 Å². The molecule has 0 aromatic rings. The number of thioether (sulfide) groups is 1. The molecule has 0 aliphatic rings. The first-order valence-electron chi connectivity index (χ1n) is 6.66. The second-order valence-electron chi connectivity index (χ2n) is 4.36. The molecule has 2 atom stereocenters. The highest BCUT2D eigenvalue weighted by Crippen LogP contribution is 2.22. The summed E-state index contributed by atoms with van der Waals surface area (Å²) in [5.74, 6) is 1.11. The van der Waals surface area contributed by atoms with E-state index >= 15 is 0 Å². The average Bonchev–Trinajstić information content (AvgIpc) is 2.31. The van der Waals surface area contributed by atoms with Crippen molar-refractivity contribution in [3.8, 4) is 0 Å². The van der Waals surface area contributed by atoms with E-state index in [2.05, 4.69) is 13.8 Å². The summed E-state index contributed by atoms with van der Waals surface area (Å²) < 4.78 is 0. The first-order chi connectivity index (χ1) is 7.76. The molecule has 1 unspecified atom stereocenters. The van der Waals surface area contributed by atoms with E-state index in [-0.39, 0.29) is 11.9 Å². The second kappa shape index (κ2) is 11.7. The van der Waals surface area contributed by atoms with Crippen molar-refractivity contribution in [1.82, 2.24) is 0 Å². The lowest BCUT2D eigenvalue weighted by molar-refractivity contribution is 0.0907. The van der Waals surface area contributed by atoms with Crippen molar-refractivity contribution in [1.29, 1.82) is 0 Å². The van der Waals surface area contributed by atoms with Crippen LogP contribution in [0.3, 0.4) is 0 Å². The fraction of sp³-hybridized carbons (Fsp3) is 1.00. The summed E-state index contributed by atoms with van der Waals surface area (Å²) in [6.07, 6.45) is 7.83. The van der Waals surface area contributed by atoms with Crippen molar-refractivity contribution in [3.63, 3.8) is 0 Å². The Labute approximate surface area is 105 Å². The Morgan fingerprint density at radius 1 is 1.00 bits per heavy atom. The van der Waals surface area contributed by atoms with Gasteiger partial charge in [0.05, 0.1) is 12.7 Å². The molecule has 98 valence electrons. The maximum atomic E-state index is 9.70. The van der Waals surface area contributed by atoms with Crippen LogP contribution in [0.15, 0.2) is 0 Å². The van der Waals surface area contributed by atoms with Crippen molar-refractivity contribution in [2.75, 3.05) is 12.4 Å². The molecule has 0 radical (unpaired) electrons. The zero-order chi connectivity index (χ0) is 12.2. The lowest BCUT2D eigenvalue weighted by Gasteiger charge is -2.20. The molecular formula is C13H28O2S. The molecule has 0 spiro atoms. The van der Waals surface area contributed by atoms with Gasteiger partial charge in [-0.05, 0) is 18.6 Å². The number of unbranched alkanes of at least 4 members (excludes halogenated alkanes) is 4. The van der Waals surface area contributed by atoms with E-state index in [1.165, 1.54) is 38.5 Å². The van der Waals surface area contributed by atoms with Crippen LogP contribution in [0, 0.1) is 0 Å². The van der Waals surface area contributed by atoms with E-state index < -0.39 is 6.10 Å². The van der Waals surface area contributed by atoms with Crippen LogP contribution in [0.4, 0.5) is 0 Å². The van der Waals surface area contributed by atoms with Crippen molar-refractivity contribution >= 4 is 11.8 Å². The molecule has 0 fully saturated rings. The van der Waals surface area contributed by atoms with Gasteiger partial charge in [-0.3, -0.25) is 0 Å². The number of rotatable bonds is 11. The topological polar surface area (TPSA) is 40.5 Å². The Balaban J connectivity index is 3.72. The second-order valence-corrected chi connectivity index (χ2v) is 5.71. The largest absolute Gasteiger partial charge is 0.394 e. The third-order valence-electron chi connectivity index (χ3n) is 2.79. The lowest BCUT2D eigenvalue weighted by atomic mass is 10.1. The van der Waals surface area contributed by atoms with Gasteiger partial charge in [0, 0.05) is 5.25 Å². The van der Waals surface area contributed by atoms with Crippen molar-refractivity contribution in [2.45, 2.75) is 70.1 Å². The predicted octanol–water partition coefficient (Wildman–Crippen LogP) is 3.21. The smallest absolute Gasteiger partial charge is 0.0889 e. The number of hydrogen-bond acceptors (Lipinski definition) is 3. The maximum Gasteiger partial charge on any atom is 0.0889 e. The first kappa shape index (κ1) is 16.3. The Hall–Kier alpha value is 0.270. The summed E-state index contributed by atoms with van der Waals surface area (Å²) in [6, 6.07) is 0. The van der Waals surface area contributed by atoms with Gasteiger partial charge < -0.3 is 10.2 Å². The minimum Gasteiger partial charge on any atom is -0.394 e. The maximum absolute atomic E-state index is 9.70. The highest BCUT2D eigenvalue weighted by molar-refractivity contribution is 7.99. The Morgan fingerprint density at radius 2 is 1.62 bits per heavy atom. The summed E-state index contributed by atoms with van der Waals surface area (Å²) in [4.78, 5) is 0. The minimum atomic E-state index is -0.538. The van der Waals surface area contributed by atoms with Gasteiger partial charge in [0.2, 0.25) is 0 Å². The normalized spacial score (nSPS) is 15.0. The lowest BCUT2D eigenvalue weighted by Crippen LogP contribution is -2.27. The molecule has 2 nitrogen and oxygen atoms in total. The Kier molecular flexibility index (Phi) is 11.9. The average molecular weight is 248 g/mol. The third-order valence-corrected chi connectivity index (χ3v) is 4.29. The number of aliphatic hydroxyl groups excluding tert-OH is 2. The van der Waals surface area contributed by atoms with E-state index in [0.717, 1.165) is 12.2 Å². The third kappa shape index (κ3) is 8.43. The number of hydrogen-bond donors (Lipinski definition) is 2. The van der Waals surface area contributed by atoms with E-state index in [1.54, 1.807) is 0 Å². The molecule has 2 N–H and O–H groups in total. The van der Waals surface area contributed by atoms with E-state index in [4.69, 9.17) is 5.11 Å². The standard InChI is InChI=1S/C13H28O2S/c1-3-5-7-9-13(12(15)11-14)16-10-8-6-4-2/h12-15H,3-11H2,1-2H3/t12?,13-/m1/s1. The van der Waals surface area contributed by atoms with Gasteiger partial charge in [-0.15, -0.1) is 0 Å².